The Balaban J connectivity index is 1.74. The van der Waals surface area contributed by atoms with E-state index in [4.69, 9.17) is 6.42 Å². The molecule has 0 aromatic rings. The van der Waals surface area contributed by atoms with Crippen molar-refractivity contribution in [3.05, 3.63) is 11.6 Å². The molecule has 0 amide bonds. The number of fused-ring (bicyclic) bond motifs is 5. The van der Waals surface area contributed by atoms with Gasteiger partial charge in [0.1, 0.15) is 0 Å². The maximum atomic E-state index is 14.2. The molecule has 142 valence electrons. The molecular weight excluding hydrogens is 334 g/mol. The van der Waals surface area contributed by atoms with Crippen molar-refractivity contribution < 1.29 is 18.7 Å². The fourth-order valence-corrected chi connectivity index (χ4v) is 7.19. The first-order chi connectivity index (χ1) is 12.3. The Hall–Kier alpha value is -1.21. The van der Waals surface area contributed by atoms with Gasteiger partial charge >= 0.3 is 0 Å². The summed E-state index contributed by atoms with van der Waals surface area (Å²) in [6.45, 7) is 2.00. The third-order valence-electron chi connectivity index (χ3n) is 8.39. The lowest BCUT2D eigenvalue weighted by molar-refractivity contribution is -0.159. The monoisotopic (exact) mass is 362 g/mol. The number of hydrogen-bond donors (Lipinski definition) is 1. The Morgan fingerprint density at radius 2 is 2.12 bits per heavy atom. The number of carbonyl (C=O) groups excluding carboxylic acids is 1. The van der Waals surface area contributed by atoms with Crippen LogP contribution in [0.4, 0.5) is 8.78 Å². The Morgan fingerprint density at radius 3 is 2.81 bits per heavy atom. The molecule has 3 fully saturated rings. The Kier molecular flexibility index (Phi) is 4.30. The molecule has 0 aliphatic heterocycles. The van der Waals surface area contributed by atoms with Crippen LogP contribution in [0.25, 0.3) is 0 Å². The van der Waals surface area contributed by atoms with Gasteiger partial charge in [0.2, 0.25) is 6.43 Å². The van der Waals surface area contributed by atoms with Gasteiger partial charge in [0.25, 0.3) is 0 Å². The summed E-state index contributed by atoms with van der Waals surface area (Å²) in [6.07, 6.45) is 9.82. The summed E-state index contributed by atoms with van der Waals surface area (Å²) >= 11 is 0. The van der Waals surface area contributed by atoms with Crippen LogP contribution < -0.4 is 0 Å². The molecule has 0 heterocycles. The minimum absolute atomic E-state index is 0.0608. The normalized spacial score (nSPS) is 47.6. The minimum atomic E-state index is -2.40. The van der Waals surface area contributed by atoms with Gasteiger partial charge < -0.3 is 5.11 Å². The van der Waals surface area contributed by atoms with E-state index < -0.39 is 23.4 Å². The summed E-state index contributed by atoms with van der Waals surface area (Å²) in [6, 6.07) is 0. The third kappa shape index (κ3) is 2.43. The minimum Gasteiger partial charge on any atom is -0.388 e. The summed E-state index contributed by atoms with van der Waals surface area (Å²) in [5, 5.41) is 11.3. The molecule has 0 radical (unpaired) electrons. The Bertz CT molecular complexity index is 678. The van der Waals surface area contributed by atoms with Crippen LogP contribution in [0, 0.1) is 47.3 Å². The molecule has 26 heavy (non-hydrogen) atoms. The number of halogens is 2. The quantitative estimate of drug-likeness (QED) is 0.741. The van der Waals surface area contributed by atoms with E-state index in [1.807, 2.05) is 6.92 Å². The summed E-state index contributed by atoms with van der Waals surface area (Å²) in [5.74, 6) is 2.53. The van der Waals surface area contributed by atoms with Crippen LogP contribution in [0.3, 0.4) is 0 Å². The number of allylic oxidation sites excluding steroid dienone is 1. The van der Waals surface area contributed by atoms with Gasteiger partial charge in [-0.1, -0.05) is 12.5 Å². The largest absolute Gasteiger partial charge is 0.388 e. The highest BCUT2D eigenvalue weighted by molar-refractivity contribution is 5.91. The fraction of sp³-hybridized carbons (Fsp3) is 0.773. The number of rotatable bonds is 2. The van der Waals surface area contributed by atoms with Crippen LogP contribution in [0.1, 0.15) is 58.3 Å². The molecule has 0 unspecified atom stereocenters. The molecule has 4 heteroatoms. The highest BCUT2D eigenvalue weighted by Crippen LogP contribution is 2.67. The van der Waals surface area contributed by atoms with E-state index in [1.54, 1.807) is 6.08 Å². The van der Waals surface area contributed by atoms with E-state index >= 15 is 0 Å². The molecule has 4 aliphatic rings. The van der Waals surface area contributed by atoms with Crippen molar-refractivity contribution in [1.82, 2.24) is 0 Å². The van der Waals surface area contributed by atoms with E-state index in [0.29, 0.717) is 25.7 Å². The molecule has 4 aliphatic carbocycles. The number of aliphatic hydroxyl groups is 1. The van der Waals surface area contributed by atoms with Crippen molar-refractivity contribution in [2.24, 2.45) is 35.0 Å². The molecule has 4 rings (SSSR count). The standard InChI is InChI=1S/C22H28F2O2/c1-3-9-22(26)10-8-18-16-6-4-13-11-14(25)5-7-15(13)19(16)17(20(23)24)12-21(18,22)2/h1,11,15-20,26H,4-10,12H2,2H3/t15-,16-,17-,18-,19+,21-,22-/m0/s1. The van der Waals surface area contributed by atoms with Gasteiger partial charge in [-0.3, -0.25) is 4.79 Å². The number of alkyl halides is 2. The fourth-order valence-electron chi connectivity index (χ4n) is 7.19. The lowest BCUT2D eigenvalue weighted by atomic mass is 9.47. The summed E-state index contributed by atoms with van der Waals surface area (Å²) in [4.78, 5) is 11.8. The van der Waals surface area contributed by atoms with E-state index in [-0.39, 0.29) is 35.9 Å². The zero-order valence-corrected chi connectivity index (χ0v) is 15.4. The lowest BCUT2D eigenvalue weighted by Gasteiger charge is -2.58. The van der Waals surface area contributed by atoms with Crippen molar-refractivity contribution in [2.45, 2.75) is 70.3 Å². The molecule has 7 atom stereocenters. The maximum absolute atomic E-state index is 14.2. The SMILES string of the molecule is C#CC[C@]1(O)CC[C@H]2[C@@H]3CCC4=CC(=O)CC[C@@H]4[C@H]3[C@@H](C(F)F)C[C@@]21C. The van der Waals surface area contributed by atoms with Crippen LogP contribution in [-0.2, 0) is 4.79 Å². The second-order valence-corrected chi connectivity index (χ2v) is 9.29. The van der Waals surface area contributed by atoms with E-state index in [9.17, 15) is 18.7 Å². The van der Waals surface area contributed by atoms with Crippen LogP contribution in [0.5, 0.6) is 0 Å². The van der Waals surface area contributed by atoms with Gasteiger partial charge in [-0.15, -0.1) is 12.3 Å². The van der Waals surface area contributed by atoms with Gasteiger partial charge in [-0.2, -0.15) is 0 Å². The highest BCUT2D eigenvalue weighted by atomic mass is 19.3. The maximum Gasteiger partial charge on any atom is 0.241 e. The Labute approximate surface area is 154 Å². The molecule has 1 N–H and O–H groups in total. The smallest absolute Gasteiger partial charge is 0.241 e. The van der Waals surface area contributed by atoms with Gasteiger partial charge in [0.15, 0.2) is 5.78 Å². The highest BCUT2D eigenvalue weighted by Gasteiger charge is 2.65. The van der Waals surface area contributed by atoms with Crippen molar-refractivity contribution in [1.29, 1.82) is 0 Å². The molecule has 0 spiro atoms. The zero-order valence-electron chi connectivity index (χ0n) is 15.4. The van der Waals surface area contributed by atoms with Crippen LogP contribution in [0.2, 0.25) is 0 Å². The first-order valence-corrected chi connectivity index (χ1v) is 9.98. The first kappa shape index (κ1) is 18.2. The van der Waals surface area contributed by atoms with Crippen LogP contribution >= 0.6 is 0 Å². The van der Waals surface area contributed by atoms with E-state index in [2.05, 4.69) is 5.92 Å². The number of carbonyl (C=O) groups is 1. The van der Waals surface area contributed by atoms with Gasteiger partial charge in [0.05, 0.1) is 5.60 Å². The second kappa shape index (κ2) is 6.16. The average molecular weight is 362 g/mol. The van der Waals surface area contributed by atoms with Crippen molar-refractivity contribution in [2.75, 3.05) is 0 Å². The summed E-state index contributed by atoms with van der Waals surface area (Å²) < 4.78 is 28.4. The number of ketones is 1. The molecule has 2 nitrogen and oxygen atoms in total. The first-order valence-electron chi connectivity index (χ1n) is 9.98. The molecule has 0 aromatic heterocycles. The summed E-state index contributed by atoms with van der Waals surface area (Å²) in [5.41, 5.74) is -0.454. The number of terminal acetylenes is 1. The molecule has 0 aromatic carbocycles. The van der Waals surface area contributed by atoms with Gasteiger partial charge in [0, 0.05) is 24.2 Å². The van der Waals surface area contributed by atoms with Gasteiger partial charge in [-0.05, 0) is 68.3 Å². The van der Waals surface area contributed by atoms with Crippen LogP contribution in [0.15, 0.2) is 11.6 Å². The topological polar surface area (TPSA) is 37.3 Å². The lowest BCUT2D eigenvalue weighted by Crippen LogP contribution is -2.56. The molecule has 0 bridgehead atoms. The predicted octanol–water partition coefficient (Wildman–Crippen LogP) is 4.37. The summed E-state index contributed by atoms with van der Waals surface area (Å²) in [7, 11) is 0. The molecule has 0 saturated heterocycles. The van der Waals surface area contributed by atoms with Crippen molar-refractivity contribution in [3.8, 4) is 12.3 Å². The molecule has 3 saturated carbocycles. The van der Waals surface area contributed by atoms with Gasteiger partial charge in [-0.25, -0.2) is 8.78 Å². The second-order valence-electron chi connectivity index (χ2n) is 9.29. The van der Waals surface area contributed by atoms with Crippen molar-refractivity contribution in [3.63, 3.8) is 0 Å². The van der Waals surface area contributed by atoms with Crippen LogP contribution in [-0.4, -0.2) is 22.9 Å². The zero-order chi connectivity index (χ0) is 18.7. The molecular formula is C22H28F2O2. The number of hydrogen-bond acceptors (Lipinski definition) is 2. The van der Waals surface area contributed by atoms with E-state index in [1.165, 1.54) is 0 Å². The predicted molar refractivity (Wildman–Crippen MR) is 95.4 cm³/mol. The third-order valence-corrected chi connectivity index (χ3v) is 8.39. The van der Waals surface area contributed by atoms with E-state index in [0.717, 1.165) is 24.8 Å². The van der Waals surface area contributed by atoms with Crippen molar-refractivity contribution >= 4 is 5.78 Å². The Morgan fingerprint density at radius 1 is 1.35 bits per heavy atom. The average Bonchev–Trinajstić information content (AvgIpc) is 2.85.